The Labute approximate surface area is 162 Å². The van der Waals surface area contributed by atoms with Gasteiger partial charge in [0.2, 0.25) is 10.0 Å². The number of hydrogen-bond donors (Lipinski definition) is 2. The third-order valence-electron chi connectivity index (χ3n) is 3.56. The number of hydrogen-bond acceptors (Lipinski definition) is 5. The van der Waals surface area contributed by atoms with Crippen LogP contribution in [-0.4, -0.2) is 33.4 Å². The quantitative estimate of drug-likeness (QED) is 0.682. The van der Waals surface area contributed by atoms with Gasteiger partial charge in [-0.3, -0.25) is 9.59 Å². The molecule has 0 radical (unpaired) electrons. The Morgan fingerprint density at radius 2 is 1.74 bits per heavy atom. The minimum Gasteiger partial charge on any atom is -0.455 e. The van der Waals surface area contributed by atoms with Crippen LogP contribution in [0.2, 0.25) is 5.02 Å². The molecule has 0 heterocycles. The van der Waals surface area contributed by atoms with Crippen molar-refractivity contribution in [2.45, 2.75) is 18.7 Å². The fraction of sp³-hybridized carbons (Fsp3) is 0.222. The van der Waals surface area contributed by atoms with E-state index in [9.17, 15) is 18.0 Å². The SMILES string of the molecule is Cc1ccc(S(=O)(=O)NCC(=O)OCC(=O)Nc2ccc(C)c(Cl)c2)cc1. The largest absolute Gasteiger partial charge is 0.455 e. The molecule has 0 saturated heterocycles. The zero-order valence-corrected chi connectivity index (χ0v) is 16.4. The molecule has 0 aliphatic rings. The smallest absolute Gasteiger partial charge is 0.321 e. The summed E-state index contributed by atoms with van der Waals surface area (Å²) < 4.78 is 31.1. The van der Waals surface area contributed by atoms with Crippen LogP contribution in [0.3, 0.4) is 0 Å². The molecule has 144 valence electrons. The van der Waals surface area contributed by atoms with Crippen molar-refractivity contribution in [2.75, 3.05) is 18.5 Å². The predicted octanol–water partition coefficient (Wildman–Crippen LogP) is 2.42. The van der Waals surface area contributed by atoms with Crippen molar-refractivity contribution in [1.82, 2.24) is 4.72 Å². The summed E-state index contributed by atoms with van der Waals surface area (Å²) >= 11 is 5.97. The molecule has 7 nitrogen and oxygen atoms in total. The van der Waals surface area contributed by atoms with E-state index in [2.05, 4.69) is 10.0 Å². The summed E-state index contributed by atoms with van der Waals surface area (Å²) in [6.07, 6.45) is 0. The van der Waals surface area contributed by atoms with Gasteiger partial charge in [0.1, 0.15) is 6.54 Å². The molecule has 0 atom stereocenters. The number of aryl methyl sites for hydroxylation is 2. The van der Waals surface area contributed by atoms with E-state index in [4.69, 9.17) is 16.3 Å². The Morgan fingerprint density at radius 1 is 1.07 bits per heavy atom. The molecule has 0 bridgehead atoms. The average Bonchev–Trinajstić information content (AvgIpc) is 2.62. The maximum absolute atomic E-state index is 12.1. The third-order valence-corrected chi connectivity index (χ3v) is 5.38. The van der Waals surface area contributed by atoms with Crippen molar-refractivity contribution in [2.24, 2.45) is 0 Å². The standard InChI is InChI=1S/C18H19ClN2O5S/c1-12-3-7-15(8-4-12)27(24,25)20-10-18(23)26-11-17(22)21-14-6-5-13(2)16(19)9-14/h3-9,20H,10-11H2,1-2H3,(H,21,22). The first-order valence-corrected chi connectivity index (χ1v) is 9.81. The van der Waals surface area contributed by atoms with Gasteiger partial charge in [-0.25, -0.2) is 8.42 Å². The number of rotatable bonds is 7. The number of benzene rings is 2. The van der Waals surface area contributed by atoms with Gasteiger partial charge in [-0.05, 0) is 43.7 Å². The van der Waals surface area contributed by atoms with E-state index in [1.54, 1.807) is 30.3 Å². The summed E-state index contributed by atoms with van der Waals surface area (Å²) in [6, 6.07) is 11.1. The normalized spacial score (nSPS) is 11.1. The molecule has 0 saturated carbocycles. The Kier molecular flexibility index (Phi) is 6.95. The number of ether oxygens (including phenoxy) is 1. The minimum absolute atomic E-state index is 0.0369. The lowest BCUT2D eigenvalue weighted by Gasteiger charge is -2.09. The van der Waals surface area contributed by atoms with E-state index in [1.807, 2.05) is 13.8 Å². The molecular weight excluding hydrogens is 392 g/mol. The number of carbonyl (C=O) groups excluding carboxylic acids is 2. The summed E-state index contributed by atoms with van der Waals surface area (Å²) in [6.45, 7) is 2.53. The van der Waals surface area contributed by atoms with Crippen molar-refractivity contribution < 1.29 is 22.7 Å². The van der Waals surface area contributed by atoms with E-state index in [1.165, 1.54) is 12.1 Å². The van der Waals surface area contributed by atoms with Crippen LogP contribution in [0.1, 0.15) is 11.1 Å². The topological polar surface area (TPSA) is 102 Å². The molecule has 0 aromatic heterocycles. The van der Waals surface area contributed by atoms with Gasteiger partial charge in [0.15, 0.2) is 6.61 Å². The molecule has 2 rings (SSSR count). The number of carbonyl (C=O) groups is 2. The van der Waals surface area contributed by atoms with E-state index >= 15 is 0 Å². The number of sulfonamides is 1. The third kappa shape index (κ3) is 6.35. The predicted molar refractivity (Wildman–Crippen MR) is 102 cm³/mol. The monoisotopic (exact) mass is 410 g/mol. The Bertz CT molecular complexity index is 943. The first-order valence-electron chi connectivity index (χ1n) is 7.95. The van der Waals surface area contributed by atoms with Crippen molar-refractivity contribution in [3.63, 3.8) is 0 Å². The van der Waals surface area contributed by atoms with Crippen LogP contribution in [0.15, 0.2) is 47.4 Å². The van der Waals surface area contributed by atoms with Crippen molar-refractivity contribution in [3.05, 3.63) is 58.6 Å². The second-order valence-corrected chi connectivity index (χ2v) is 7.98. The Hall–Kier alpha value is -2.42. The van der Waals surface area contributed by atoms with Crippen LogP contribution >= 0.6 is 11.6 Å². The highest BCUT2D eigenvalue weighted by Gasteiger charge is 2.16. The second-order valence-electron chi connectivity index (χ2n) is 5.81. The summed E-state index contributed by atoms with van der Waals surface area (Å²) in [5.74, 6) is -1.44. The molecule has 0 aliphatic carbocycles. The highest BCUT2D eigenvalue weighted by atomic mass is 35.5. The van der Waals surface area contributed by atoms with Gasteiger partial charge in [-0.1, -0.05) is 35.4 Å². The van der Waals surface area contributed by atoms with Crippen LogP contribution in [0.5, 0.6) is 0 Å². The van der Waals surface area contributed by atoms with Gasteiger partial charge < -0.3 is 10.1 Å². The van der Waals surface area contributed by atoms with Crippen LogP contribution in [0, 0.1) is 13.8 Å². The molecule has 2 aromatic rings. The van der Waals surface area contributed by atoms with Crippen molar-refractivity contribution >= 4 is 39.2 Å². The Balaban J connectivity index is 1.80. The van der Waals surface area contributed by atoms with Gasteiger partial charge in [0.25, 0.3) is 5.91 Å². The molecule has 9 heteroatoms. The van der Waals surface area contributed by atoms with Crippen molar-refractivity contribution in [1.29, 1.82) is 0 Å². The summed E-state index contributed by atoms with van der Waals surface area (Å²) in [4.78, 5) is 23.5. The fourth-order valence-electron chi connectivity index (χ4n) is 2.02. The molecule has 2 aromatic carbocycles. The number of halogens is 1. The maximum atomic E-state index is 12.1. The lowest BCUT2D eigenvalue weighted by atomic mass is 10.2. The zero-order chi connectivity index (χ0) is 20.0. The van der Waals surface area contributed by atoms with Gasteiger partial charge in [0, 0.05) is 10.7 Å². The summed E-state index contributed by atoms with van der Waals surface area (Å²) in [5.41, 5.74) is 2.24. The summed E-state index contributed by atoms with van der Waals surface area (Å²) in [7, 11) is -3.83. The van der Waals surface area contributed by atoms with Crippen molar-refractivity contribution in [3.8, 4) is 0 Å². The highest BCUT2D eigenvalue weighted by molar-refractivity contribution is 7.89. The molecule has 0 fully saturated rings. The second kappa shape index (κ2) is 8.98. The molecule has 0 spiro atoms. The Morgan fingerprint density at radius 3 is 2.37 bits per heavy atom. The zero-order valence-electron chi connectivity index (χ0n) is 14.8. The molecule has 1 amide bonds. The van der Waals surface area contributed by atoms with E-state index in [-0.39, 0.29) is 4.90 Å². The van der Waals surface area contributed by atoms with Crippen LogP contribution in [-0.2, 0) is 24.3 Å². The average molecular weight is 411 g/mol. The van der Waals surface area contributed by atoms with E-state index in [0.29, 0.717) is 10.7 Å². The highest BCUT2D eigenvalue weighted by Crippen LogP contribution is 2.19. The van der Waals surface area contributed by atoms with E-state index in [0.717, 1.165) is 11.1 Å². The van der Waals surface area contributed by atoms with Gasteiger partial charge >= 0.3 is 5.97 Å². The summed E-state index contributed by atoms with van der Waals surface area (Å²) in [5, 5.41) is 3.03. The molecular formula is C18H19ClN2O5S. The van der Waals surface area contributed by atoms with Crippen LogP contribution < -0.4 is 10.0 Å². The maximum Gasteiger partial charge on any atom is 0.321 e. The first kappa shape index (κ1) is 20.9. The lowest BCUT2D eigenvalue weighted by Crippen LogP contribution is -2.32. The molecule has 27 heavy (non-hydrogen) atoms. The number of esters is 1. The van der Waals surface area contributed by atoms with Gasteiger partial charge in [-0.2, -0.15) is 4.72 Å². The van der Waals surface area contributed by atoms with Gasteiger partial charge in [-0.15, -0.1) is 0 Å². The first-order chi connectivity index (χ1) is 12.7. The number of anilines is 1. The molecule has 2 N–H and O–H groups in total. The lowest BCUT2D eigenvalue weighted by molar-refractivity contribution is -0.146. The molecule has 0 unspecified atom stereocenters. The van der Waals surface area contributed by atoms with Crippen LogP contribution in [0.4, 0.5) is 5.69 Å². The van der Waals surface area contributed by atoms with Gasteiger partial charge in [0.05, 0.1) is 4.90 Å². The van der Waals surface area contributed by atoms with Crippen LogP contribution in [0.25, 0.3) is 0 Å². The van der Waals surface area contributed by atoms with E-state index < -0.39 is 35.1 Å². The fourth-order valence-corrected chi connectivity index (χ4v) is 3.17. The number of nitrogens with one attached hydrogen (secondary N) is 2. The number of amides is 1. The minimum atomic E-state index is -3.83. The molecule has 0 aliphatic heterocycles.